The molecule has 0 rings (SSSR count). The normalized spacial score (nSPS) is 11.7. The minimum absolute atomic E-state index is 0.127. The number of unbranched alkanes of at least 4 members (excludes halogenated alkanes) is 3. The molecule has 20 heavy (non-hydrogen) atoms. The summed E-state index contributed by atoms with van der Waals surface area (Å²) in [7, 11) is 0. The van der Waals surface area contributed by atoms with Gasteiger partial charge in [-0.15, -0.1) is 0 Å². The highest BCUT2D eigenvalue weighted by molar-refractivity contribution is 5.86. The van der Waals surface area contributed by atoms with Crippen molar-refractivity contribution < 1.29 is 15.0 Å². The predicted octanol–water partition coefficient (Wildman–Crippen LogP) is 1.83. The molecule has 118 valence electrons. The van der Waals surface area contributed by atoms with E-state index in [0.29, 0.717) is 18.5 Å². The zero-order valence-electron chi connectivity index (χ0n) is 12.9. The highest BCUT2D eigenvalue weighted by Crippen LogP contribution is 2.06. The SMILES string of the molecule is CCCCCCN(C=C(CC)C(=O)O)CCNCCO. The summed E-state index contributed by atoms with van der Waals surface area (Å²) in [6, 6.07) is 0. The van der Waals surface area contributed by atoms with E-state index in [1.165, 1.54) is 19.3 Å². The number of nitrogens with zero attached hydrogens (tertiary/aromatic N) is 1. The van der Waals surface area contributed by atoms with Gasteiger partial charge in [0.1, 0.15) is 0 Å². The first kappa shape index (κ1) is 18.9. The molecule has 0 amide bonds. The van der Waals surface area contributed by atoms with E-state index in [1.807, 2.05) is 6.92 Å². The van der Waals surface area contributed by atoms with Gasteiger partial charge in [0.05, 0.1) is 12.2 Å². The molecular weight excluding hydrogens is 256 g/mol. The lowest BCUT2D eigenvalue weighted by atomic mass is 10.2. The van der Waals surface area contributed by atoms with Crippen molar-refractivity contribution in [2.75, 3.05) is 32.8 Å². The third kappa shape index (κ3) is 9.81. The van der Waals surface area contributed by atoms with E-state index in [9.17, 15) is 4.79 Å². The van der Waals surface area contributed by atoms with Gasteiger partial charge in [-0.3, -0.25) is 0 Å². The van der Waals surface area contributed by atoms with Gasteiger partial charge in [0.25, 0.3) is 0 Å². The minimum atomic E-state index is -0.839. The van der Waals surface area contributed by atoms with Crippen molar-refractivity contribution in [3.8, 4) is 0 Å². The van der Waals surface area contributed by atoms with Crippen LogP contribution in [0.1, 0.15) is 46.0 Å². The van der Waals surface area contributed by atoms with Gasteiger partial charge in [-0.05, 0) is 12.8 Å². The molecule has 3 N–H and O–H groups in total. The van der Waals surface area contributed by atoms with Gasteiger partial charge in [-0.2, -0.15) is 0 Å². The molecule has 5 heteroatoms. The van der Waals surface area contributed by atoms with Crippen LogP contribution < -0.4 is 5.32 Å². The first-order valence-corrected chi connectivity index (χ1v) is 7.65. The molecule has 0 spiro atoms. The van der Waals surface area contributed by atoms with Crippen LogP contribution in [0.5, 0.6) is 0 Å². The second-order valence-electron chi connectivity index (χ2n) is 4.88. The van der Waals surface area contributed by atoms with Crippen LogP contribution in [-0.2, 0) is 4.79 Å². The van der Waals surface area contributed by atoms with Crippen molar-refractivity contribution in [1.29, 1.82) is 0 Å². The number of carbonyl (C=O) groups is 1. The summed E-state index contributed by atoms with van der Waals surface area (Å²) >= 11 is 0. The second kappa shape index (κ2) is 12.9. The van der Waals surface area contributed by atoms with Gasteiger partial charge < -0.3 is 20.4 Å². The fraction of sp³-hybridized carbons (Fsp3) is 0.800. The third-order valence-corrected chi connectivity index (χ3v) is 3.16. The maximum Gasteiger partial charge on any atom is 0.333 e. The molecule has 0 saturated carbocycles. The van der Waals surface area contributed by atoms with Crippen LogP contribution in [0.25, 0.3) is 0 Å². The Labute approximate surface area is 122 Å². The summed E-state index contributed by atoms with van der Waals surface area (Å²) in [6.45, 7) is 7.14. The van der Waals surface area contributed by atoms with Gasteiger partial charge >= 0.3 is 5.97 Å². The molecule has 0 heterocycles. The molecule has 0 aromatic carbocycles. The average molecular weight is 286 g/mol. The van der Waals surface area contributed by atoms with E-state index < -0.39 is 5.97 Å². The number of aliphatic hydroxyl groups excluding tert-OH is 1. The predicted molar refractivity (Wildman–Crippen MR) is 81.7 cm³/mol. The number of hydrogen-bond donors (Lipinski definition) is 3. The molecule has 0 aliphatic rings. The lowest BCUT2D eigenvalue weighted by Crippen LogP contribution is -2.31. The van der Waals surface area contributed by atoms with Crippen LogP contribution in [-0.4, -0.2) is 53.9 Å². The van der Waals surface area contributed by atoms with E-state index in [0.717, 1.165) is 26.1 Å². The molecule has 5 nitrogen and oxygen atoms in total. The molecule has 0 fully saturated rings. The van der Waals surface area contributed by atoms with Crippen LogP contribution >= 0.6 is 0 Å². The first-order chi connectivity index (χ1) is 9.65. The molecule has 0 aromatic heterocycles. The van der Waals surface area contributed by atoms with Crippen LogP contribution in [0.2, 0.25) is 0 Å². The Morgan fingerprint density at radius 1 is 1.15 bits per heavy atom. The smallest absolute Gasteiger partial charge is 0.333 e. The Bertz CT molecular complexity index is 268. The van der Waals surface area contributed by atoms with Crippen molar-refractivity contribution in [2.45, 2.75) is 46.0 Å². The molecule has 0 saturated heterocycles. The van der Waals surface area contributed by atoms with Gasteiger partial charge in [0, 0.05) is 32.4 Å². The fourth-order valence-electron chi connectivity index (χ4n) is 1.93. The van der Waals surface area contributed by atoms with Gasteiger partial charge in [0.2, 0.25) is 0 Å². The molecule has 0 radical (unpaired) electrons. The molecular formula is C15H30N2O3. The van der Waals surface area contributed by atoms with E-state index in [2.05, 4.69) is 17.1 Å². The Morgan fingerprint density at radius 2 is 1.90 bits per heavy atom. The van der Waals surface area contributed by atoms with Gasteiger partial charge in [-0.25, -0.2) is 4.79 Å². The Morgan fingerprint density at radius 3 is 2.45 bits per heavy atom. The van der Waals surface area contributed by atoms with Crippen molar-refractivity contribution >= 4 is 5.97 Å². The molecule has 0 bridgehead atoms. The Hall–Kier alpha value is -1.07. The monoisotopic (exact) mass is 286 g/mol. The average Bonchev–Trinajstić information content (AvgIpc) is 2.44. The van der Waals surface area contributed by atoms with Crippen molar-refractivity contribution in [3.63, 3.8) is 0 Å². The van der Waals surface area contributed by atoms with Crippen LogP contribution in [0.15, 0.2) is 11.8 Å². The van der Waals surface area contributed by atoms with Crippen molar-refractivity contribution in [1.82, 2.24) is 10.2 Å². The summed E-state index contributed by atoms with van der Waals surface area (Å²) in [5, 5.41) is 20.9. The van der Waals surface area contributed by atoms with Crippen LogP contribution in [0.4, 0.5) is 0 Å². The molecule has 0 aromatic rings. The minimum Gasteiger partial charge on any atom is -0.478 e. The van der Waals surface area contributed by atoms with E-state index in [4.69, 9.17) is 10.2 Å². The van der Waals surface area contributed by atoms with Crippen molar-refractivity contribution in [3.05, 3.63) is 11.8 Å². The summed E-state index contributed by atoms with van der Waals surface area (Å²) in [6.07, 6.45) is 6.99. The summed E-state index contributed by atoms with van der Waals surface area (Å²) in [4.78, 5) is 13.2. The number of nitrogens with one attached hydrogen (secondary N) is 1. The zero-order chi connectivity index (χ0) is 15.2. The van der Waals surface area contributed by atoms with Gasteiger partial charge in [0.15, 0.2) is 0 Å². The quantitative estimate of drug-likeness (QED) is 0.356. The zero-order valence-corrected chi connectivity index (χ0v) is 12.9. The number of hydrogen-bond acceptors (Lipinski definition) is 4. The summed E-state index contributed by atoms with van der Waals surface area (Å²) in [5.41, 5.74) is 0.447. The maximum absolute atomic E-state index is 11.1. The summed E-state index contributed by atoms with van der Waals surface area (Å²) in [5.74, 6) is -0.839. The number of rotatable bonds is 13. The molecule has 0 aliphatic heterocycles. The van der Waals surface area contributed by atoms with Gasteiger partial charge in [-0.1, -0.05) is 33.1 Å². The molecule has 0 atom stereocenters. The molecule has 0 unspecified atom stereocenters. The second-order valence-corrected chi connectivity index (χ2v) is 4.88. The number of aliphatic hydroxyl groups is 1. The van der Waals surface area contributed by atoms with E-state index in [1.54, 1.807) is 6.20 Å². The fourth-order valence-corrected chi connectivity index (χ4v) is 1.93. The lowest BCUT2D eigenvalue weighted by Gasteiger charge is -2.21. The Balaban J connectivity index is 4.32. The number of aliphatic carboxylic acids is 1. The first-order valence-electron chi connectivity index (χ1n) is 7.65. The van der Waals surface area contributed by atoms with E-state index >= 15 is 0 Å². The largest absolute Gasteiger partial charge is 0.478 e. The van der Waals surface area contributed by atoms with Crippen LogP contribution in [0, 0.1) is 0 Å². The third-order valence-electron chi connectivity index (χ3n) is 3.16. The van der Waals surface area contributed by atoms with E-state index in [-0.39, 0.29) is 6.61 Å². The highest BCUT2D eigenvalue weighted by atomic mass is 16.4. The molecule has 0 aliphatic carbocycles. The highest BCUT2D eigenvalue weighted by Gasteiger charge is 2.07. The topological polar surface area (TPSA) is 72.8 Å². The summed E-state index contributed by atoms with van der Waals surface area (Å²) < 4.78 is 0. The number of carboxylic acids is 1. The number of carboxylic acid groups (broad SMARTS) is 1. The Kier molecular flexibility index (Phi) is 12.2. The van der Waals surface area contributed by atoms with Crippen LogP contribution in [0.3, 0.4) is 0 Å². The van der Waals surface area contributed by atoms with Crippen molar-refractivity contribution in [2.24, 2.45) is 0 Å². The lowest BCUT2D eigenvalue weighted by molar-refractivity contribution is -0.132. The standard InChI is InChI=1S/C15H30N2O3/c1-3-5-6-7-10-17(11-8-16-9-12-18)13-14(4-2)15(19)20/h13,16,18H,3-12H2,1-2H3,(H,19,20). The maximum atomic E-state index is 11.1.